The number of nitrogens with zero attached hydrogens (tertiary/aromatic N) is 1. The molecular weight excluding hydrogens is 278 g/mol. The molecule has 0 aliphatic carbocycles. The van der Waals surface area contributed by atoms with E-state index in [2.05, 4.69) is 14.7 Å². The van der Waals surface area contributed by atoms with E-state index in [1.165, 1.54) is 19.2 Å². The van der Waals surface area contributed by atoms with Gasteiger partial charge in [-0.3, -0.25) is 0 Å². The predicted molar refractivity (Wildman–Crippen MR) is 74.9 cm³/mol. The van der Waals surface area contributed by atoms with Crippen molar-refractivity contribution in [3.63, 3.8) is 0 Å². The van der Waals surface area contributed by atoms with E-state index < -0.39 is 10.0 Å². The molecule has 0 bridgehead atoms. The van der Waals surface area contributed by atoms with E-state index in [4.69, 9.17) is 4.74 Å². The van der Waals surface area contributed by atoms with Gasteiger partial charge in [-0.2, -0.15) is 0 Å². The monoisotopic (exact) mass is 295 g/mol. The molecule has 1 unspecified atom stereocenters. The Bertz CT molecular complexity index is 653. The molecular formula is C13H17N3O3S. The minimum atomic E-state index is -3.62. The molecule has 0 saturated heterocycles. The summed E-state index contributed by atoms with van der Waals surface area (Å²) in [6.07, 6.45) is 3.85. The molecule has 2 aromatic rings. The lowest BCUT2D eigenvalue weighted by atomic mass is 10.2. The number of hydrogen-bond donors (Lipinski definition) is 2. The highest BCUT2D eigenvalue weighted by Gasteiger charge is 2.22. The van der Waals surface area contributed by atoms with Crippen LogP contribution < -0.4 is 9.46 Å². The van der Waals surface area contributed by atoms with Gasteiger partial charge in [-0.15, -0.1) is 0 Å². The van der Waals surface area contributed by atoms with Crippen molar-refractivity contribution in [2.45, 2.75) is 24.3 Å². The fourth-order valence-electron chi connectivity index (χ4n) is 1.82. The third-order valence-electron chi connectivity index (χ3n) is 2.91. The summed E-state index contributed by atoms with van der Waals surface area (Å²) < 4.78 is 32.4. The normalized spacial score (nSPS) is 13.1. The molecule has 1 aromatic carbocycles. The van der Waals surface area contributed by atoms with Crippen LogP contribution in [0.5, 0.6) is 5.75 Å². The van der Waals surface area contributed by atoms with Crippen LogP contribution in [-0.2, 0) is 10.0 Å². The molecule has 1 heterocycles. The lowest BCUT2D eigenvalue weighted by Gasteiger charge is -2.15. The van der Waals surface area contributed by atoms with Gasteiger partial charge < -0.3 is 9.72 Å². The number of benzene rings is 1. The molecule has 0 aliphatic rings. The fraction of sp³-hybridized carbons (Fsp3) is 0.308. The Kier molecular flexibility index (Phi) is 4.41. The Morgan fingerprint density at radius 1 is 1.45 bits per heavy atom. The summed E-state index contributed by atoms with van der Waals surface area (Å²) in [6, 6.07) is 5.96. The molecule has 1 aromatic heterocycles. The van der Waals surface area contributed by atoms with Crippen LogP contribution in [0, 0.1) is 0 Å². The van der Waals surface area contributed by atoms with Crippen LogP contribution in [0.1, 0.15) is 25.2 Å². The van der Waals surface area contributed by atoms with Crippen molar-refractivity contribution in [2.75, 3.05) is 7.11 Å². The Morgan fingerprint density at radius 2 is 2.25 bits per heavy atom. The van der Waals surface area contributed by atoms with Crippen LogP contribution >= 0.6 is 0 Å². The summed E-state index contributed by atoms with van der Waals surface area (Å²) in [5.74, 6) is 1.10. The standard InChI is InChI=1S/C13H17N3O3S/c1-3-12(13-14-7-8-15-13)16-20(17,18)11-6-4-5-10(9-11)19-2/h4-9,12,16H,3H2,1-2H3,(H,14,15). The van der Waals surface area contributed by atoms with Gasteiger partial charge in [0.05, 0.1) is 18.0 Å². The van der Waals surface area contributed by atoms with Crippen molar-refractivity contribution in [3.8, 4) is 5.75 Å². The number of H-pyrrole nitrogens is 1. The number of imidazole rings is 1. The second-order valence-electron chi connectivity index (χ2n) is 4.24. The molecule has 7 heteroatoms. The van der Waals surface area contributed by atoms with E-state index >= 15 is 0 Å². The number of sulfonamides is 1. The fourth-order valence-corrected chi connectivity index (χ4v) is 3.14. The zero-order chi connectivity index (χ0) is 14.6. The number of nitrogens with one attached hydrogen (secondary N) is 2. The van der Waals surface area contributed by atoms with Crippen molar-refractivity contribution in [1.82, 2.24) is 14.7 Å². The van der Waals surface area contributed by atoms with Gasteiger partial charge in [0.2, 0.25) is 10.0 Å². The molecule has 2 rings (SSSR count). The minimum Gasteiger partial charge on any atom is -0.497 e. The zero-order valence-electron chi connectivity index (χ0n) is 11.3. The number of aromatic nitrogens is 2. The number of aromatic amines is 1. The summed E-state index contributed by atoms with van der Waals surface area (Å²) in [5.41, 5.74) is 0. The molecule has 20 heavy (non-hydrogen) atoms. The average molecular weight is 295 g/mol. The smallest absolute Gasteiger partial charge is 0.241 e. The predicted octanol–water partition coefficient (Wildman–Crippen LogP) is 1.85. The quantitative estimate of drug-likeness (QED) is 0.851. The van der Waals surface area contributed by atoms with Gasteiger partial charge in [0.25, 0.3) is 0 Å². The Balaban J connectivity index is 2.26. The average Bonchev–Trinajstić information content (AvgIpc) is 2.99. The van der Waals surface area contributed by atoms with E-state index in [-0.39, 0.29) is 10.9 Å². The molecule has 0 fully saturated rings. The highest BCUT2D eigenvalue weighted by atomic mass is 32.2. The van der Waals surface area contributed by atoms with E-state index in [9.17, 15) is 8.42 Å². The maximum Gasteiger partial charge on any atom is 0.241 e. The van der Waals surface area contributed by atoms with Crippen LogP contribution in [0.2, 0.25) is 0 Å². The SMILES string of the molecule is CCC(NS(=O)(=O)c1cccc(OC)c1)c1ncc[nH]1. The first-order valence-electron chi connectivity index (χ1n) is 6.22. The first-order valence-corrected chi connectivity index (χ1v) is 7.71. The third-order valence-corrected chi connectivity index (χ3v) is 4.38. The van der Waals surface area contributed by atoms with Crippen LogP contribution in [0.25, 0.3) is 0 Å². The number of rotatable bonds is 6. The minimum absolute atomic E-state index is 0.168. The molecule has 0 radical (unpaired) electrons. The molecule has 0 amide bonds. The first-order chi connectivity index (χ1) is 9.56. The Hall–Kier alpha value is -1.86. The largest absolute Gasteiger partial charge is 0.497 e. The van der Waals surface area contributed by atoms with E-state index in [0.717, 1.165) is 0 Å². The highest BCUT2D eigenvalue weighted by Crippen LogP contribution is 2.20. The van der Waals surface area contributed by atoms with E-state index in [1.54, 1.807) is 24.5 Å². The molecule has 0 aliphatic heterocycles. The molecule has 1 atom stereocenters. The van der Waals surface area contributed by atoms with E-state index in [1.807, 2.05) is 6.92 Å². The lowest BCUT2D eigenvalue weighted by Crippen LogP contribution is -2.29. The summed E-state index contributed by atoms with van der Waals surface area (Å²) >= 11 is 0. The molecule has 0 spiro atoms. The summed E-state index contributed by atoms with van der Waals surface area (Å²) in [5, 5.41) is 0. The van der Waals surface area contributed by atoms with Crippen molar-refractivity contribution >= 4 is 10.0 Å². The van der Waals surface area contributed by atoms with Crippen LogP contribution in [0.15, 0.2) is 41.6 Å². The van der Waals surface area contributed by atoms with E-state index in [0.29, 0.717) is 18.0 Å². The van der Waals surface area contributed by atoms with Crippen molar-refractivity contribution in [3.05, 3.63) is 42.5 Å². The topological polar surface area (TPSA) is 84.1 Å². The van der Waals surface area contributed by atoms with Crippen molar-refractivity contribution < 1.29 is 13.2 Å². The van der Waals surface area contributed by atoms with Gasteiger partial charge in [0, 0.05) is 18.5 Å². The van der Waals surface area contributed by atoms with Gasteiger partial charge in [-0.1, -0.05) is 13.0 Å². The highest BCUT2D eigenvalue weighted by molar-refractivity contribution is 7.89. The maximum absolute atomic E-state index is 12.4. The second-order valence-corrected chi connectivity index (χ2v) is 5.95. The number of ether oxygens (including phenoxy) is 1. The first kappa shape index (κ1) is 14.5. The summed E-state index contributed by atoms with van der Waals surface area (Å²) in [6.45, 7) is 1.89. The van der Waals surface area contributed by atoms with Crippen LogP contribution in [0.3, 0.4) is 0 Å². The second kappa shape index (κ2) is 6.06. The zero-order valence-corrected chi connectivity index (χ0v) is 12.1. The summed E-state index contributed by atoms with van der Waals surface area (Å²) in [7, 11) is -2.12. The number of hydrogen-bond acceptors (Lipinski definition) is 4. The van der Waals surface area contributed by atoms with Gasteiger partial charge in [-0.05, 0) is 18.6 Å². The van der Waals surface area contributed by atoms with Gasteiger partial charge >= 0.3 is 0 Å². The molecule has 2 N–H and O–H groups in total. The third kappa shape index (κ3) is 3.17. The van der Waals surface area contributed by atoms with Crippen molar-refractivity contribution in [2.24, 2.45) is 0 Å². The molecule has 108 valence electrons. The van der Waals surface area contributed by atoms with Gasteiger partial charge in [0.15, 0.2) is 0 Å². The van der Waals surface area contributed by atoms with Crippen molar-refractivity contribution in [1.29, 1.82) is 0 Å². The van der Waals surface area contributed by atoms with Crippen LogP contribution in [0.4, 0.5) is 0 Å². The maximum atomic E-state index is 12.4. The Morgan fingerprint density at radius 3 is 2.85 bits per heavy atom. The molecule has 6 nitrogen and oxygen atoms in total. The Labute approximate surface area is 118 Å². The number of methoxy groups -OCH3 is 1. The van der Waals surface area contributed by atoms with Crippen LogP contribution in [-0.4, -0.2) is 25.5 Å². The van der Waals surface area contributed by atoms with Gasteiger partial charge in [0.1, 0.15) is 11.6 Å². The lowest BCUT2D eigenvalue weighted by molar-refractivity contribution is 0.413. The molecule has 0 saturated carbocycles. The van der Waals surface area contributed by atoms with Gasteiger partial charge in [-0.25, -0.2) is 18.1 Å². The summed E-state index contributed by atoms with van der Waals surface area (Å²) in [4.78, 5) is 7.18.